The molecule has 0 radical (unpaired) electrons. The minimum absolute atomic E-state index is 0.0944. The van der Waals surface area contributed by atoms with Crippen LogP contribution in [-0.2, 0) is 19.1 Å². The van der Waals surface area contributed by atoms with Gasteiger partial charge in [0.2, 0.25) is 0 Å². The van der Waals surface area contributed by atoms with Gasteiger partial charge in [-0.2, -0.15) is 0 Å². The van der Waals surface area contributed by atoms with Gasteiger partial charge in [-0.05, 0) is 19.8 Å². The third-order valence-corrected chi connectivity index (χ3v) is 3.15. The molecule has 1 aliphatic carbocycles. The zero-order valence-corrected chi connectivity index (χ0v) is 9.99. The van der Waals surface area contributed by atoms with Crippen LogP contribution in [0.4, 0.5) is 0 Å². The largest absolute Gasteiger partial charge is 0.465 e. The van der Waals surface area contributed by atoms with Crippen molar-refractivity contribution in [1.82, 2.24) is 0 Å². The second-order valence-electron chi connectivity index (χ2n) is 3.86. The Kier molecular flexibility index (Phi) is 3.73. The molecule has 1 rings (SSSR count). The highest BCUT2D eigenvalue weighted by molar-refractivity contribution is 6.05. The number of hydrogen-bond acceptors (Lipinski definition) is 4. The van der Waals surface area contributed by atoms with E-state index < -0.39 is 17.4 Å². The van der Waals surface area contributed by atoms with Crippen LogP contribution in [0.2, 0.25) is 0 Å². The Bertz CT molecular complexity index is 290. The lowest BCUT2D eigenvalue weighted by molar-refractivity contribution is -0.165. The molecule has 90 valence electrons. The molecule has 0 N–H and O–H groups in total. The summed E-state index contributed by atoms with van der Waals surface area (Å²) in [6, 6.07) is 0. The molecule has 0 aliphatic heterocycles. The Morgan fingerprint density at radius 2 is 1.69 bits per heavy atom. The molecule has 4 heteroatoms. The molecule has 1 aliphatic rings. The predicted octanol–water partition coefficient (Wildman–Crippen LogP) is 1.55. The predicted molar refractivity (Wildman–Crippen MR) is 58.6 cm³/mol. The van der Waals surface area contributed by atoms with Crippen molar-refractivity contribution in [2.75, 3.05) is 13.2 Å². The summed E-state index contributed by atoms with van der Waals surface area (Å²) in [6.07, 6.45) is 1.62. The molecular formula is C12H18O4. The van der Waals surface area contributed by atoms with Crippen molar-refractivity contribution in [1.29, 1.82) is 0 Å². The molecule has 0 aromatic heterocycles. The molecule has 2 atom stereocenters. The van der Waals surface area contributed by atoms with Gasteiger partial charge in [0.25, 0.3) is 0 Å². The molecule has 4 nitrogen and oxygen atoms in total. The third kappa shape index (κ3) is 1.62. The molecular weight excluding hydrogens is 208 g/mol. The quantitative estimate of drug-likeness (QED) is 0.405. The third-order valence-electron chi connectivity index (χ3n) is 3.15. The monoisotopic (exact) mass is 226 g/mol. The van der Waals surface area contributed by atoms with E-state index in [1.165, 1.54) is 0 Å². The van der Waals surface area contributed by atoms with Crippen molar-refractivity contribution in [2.45, 2.75) is 20.8 Å². The van der Waals surface area contributed by atoms with E-state index in [1.807, 2.05) is 6.92 Å². The van der Waals surface area contributed by atoms with Gasteiger partial charge in [0.05, 0.1) is 13.2 Å². The summed E-state index contributed by atoms with van der Waals surface area (Å²) in [5.41, 5.74) is -1.15. The molecule has 0 bridgehead atoms. The highest BCUT2D eigenvalue weighted by Crippen LogP contribution is 2.60. The Morgan fingerprint density at radius 3 is 1.94 bits per heavy atom. The van der Waals surface area contributed by atoms with Crippen LogP contribution in [-0.4, -0.2) is 25.2 Å². The van der Waals surface area contributed by atoms with E-state index in [0.29, 0.717) is 0 Å². The normalized spacial score (nSPS) is 25.7. The van der Waals surface area contributed by atoms with Crippen LogP contribution in [0, 0.1) is 17.3 Å². The fraction of sp³-hybridized carbons (Fsp3) is 0.667. The van der Waals surface area contributed by atoms with E-state index >= 15 is 0 Å². The summed E-state index contributed by atoms with van der Waals surface area (Å²) in [7, 11) is 0. The van der Waals surface area contributed by atoms with Crippen molar-refractivity contribution in [3.8, 4) is 0 Å². The van der Waals surface area contributed by atoms with Gasteiger partial charge < -0.3 is 9.47 Å². The molecule has 1 fully saturated rings. The molecule has 0 amide bonds. The first kappa shape index (κ1) is 12.7. The van der Waals surface area contributed by atoms with Crippen LogP contribution in [0.3, 0.4) is 0 Å². The van der Waals surface area contributed by atoms with Gasteiger partial charge in [-0.25, -0.2) is 0 Å². The van der Waals surface area contributed by atoms with Crippen LogP contribution in [0.5, 0.6) is 0 Å². The molecule has 0 aromatic rings. The summed E-state index contributed by atoms with van der Waals surface area (Å²) in [5.74, 6) is -1.26. The lowest BCUT2D eigenvalue weighted by Gasteiger charge is -2.14. The van der Waals surface area contributed by atoms with Gasteiger partial charge in [0, 0.05) is 5.92 Å². The van der Waals surface area contributed by atoms with Crippen LogP contribution in [0.1, 0.15) is 20.8 Å². The number of esters is 2. The zero-order chi connectivity index (χ0) is 12.3. The second-order valence-corrected chi connectivity index (χ2v) is 3.86. The van der Waals surface area contributed by atoms with Crippen LogP contribution in [0.15, 0.2) is 12.7 Å². The van der Waals surface area contributed by atoms with Gasteiger partial charge in [-0.3, -0.25) is 9.59 Å². The SMILES string of the molecule is C=C[C@H]1[C@H](C)C1(C(=O)OCC)C(=O)OCC. The van der Waals surface area contributed by atoms with E-state index in [1.54, 1.807) is 19.9 Å². The molecule has 0 saturated heterocycles. The summed E-state index contributed by atoms with van der Waals surface area (Å²) < 4.78 is 9.90. The van der Waals surface area contributed by atoms with Gasteiger partial charge in [-0.1, -0.05) is 13.0 Å². The summed E-state index contributed by atoms with van der Waals surface area (Å²) in [5, 5.41) is 0. The number of carbonyl (C=O) groups excluding carboxylic acids is 2. The topological polar surface area (TPSA) is 52.6 Å². The maximum Gasteiger partial charge on any atom is 0.324 e. The maximum absolute atomic E-state index is 11.9. The Balaban J connectivity index is 2.92. The van der Waals surface area contributed by atoms with E-state index in [-0.39, 0.29) is 25.0 Å². The van der Waals surface area contributed by atoms with E-state index in [2.05, 4.69) is 6.58 Å². The number of allylic oxidation sites excluding steroid dienone is 1. The molecule has 0 aromatic carbocycles. The Morgan fingerprint density at radius 1 is 1.25 bits per heavy atom. The molecule has 1 saturated carbocycles. The zero-order valence-electron chi connectivity index (χ0n) is 9.99. The first-order chi connectivity index (χ1) is 7.57. The van der Waals surface area contributed by atoms with Crippen LogP contribution < -0.4 is 0 Å². The van der Waals surface area contributed by atoms with Crippen molar-refractivity contribution in [3.05, 3.63) is 12.7 Å². The van der Waals surface area contributed by atoms with Crippen molar-refractivity contribution >= 4 is 11.9 Å². The van der Waals surface area contributed by atoms with E-state index in [9.17, 15) is 9.59 Å². The fourth-order valence-corrected chi connectivity index (χ4v) is 2.21. The van der Waals surface area contributed by atoms with Crippen molar-refractivity contribution in [2.24, 2.45) is 17.3 Å². The van der Waals surface area contributed by atoms with Crippen molar-refractivity contribution < 1.29 is 19.1 Å². The molecule has 0 heterocycles. The summed E-state index contributed by atoms with van der Waals surface area (Å²) in [4.78, 5) is 23.7. The van der Waals surface area contributed by atoms with Gasteiger partial charge in [-0.15, -0.1) is 6.58 Å². The first-order valence-electron chi connectivity index (χ1n) is 5.54. The average molecular weight is 226 g/mol. The second kappa shape index (κ2) is 4.68. The minimum atomic E-state index is -1.15. The van der Waals surface area contributed by atoms with Crippen LogP contribution >= 0.6 is 0 Å². The lowest BCUT2D eigenvalue weighted by atomic mass is 10.0. The van der Waals surface area contributed by atoms with Crippen LogP contribution in [0.25, 0.3) is 0 Å². The standard InChI is InChI=1S/C12H18O4/c1-5-9-8(4)12(9,10(13)15-6-2)11(14)16-7-3/h5,8-9H,1,6-7H2,2-4H3/t8-,9-/m0/s1. The minimum Gasteiger partial charge on any atom is -0.465 e. The number of hydrogen-bond donors (Lipinski definition) is 0. The molecule has 16 heavy (non-hydrogen) atoms. The summed E-state index contributed by atoms with van der Waals surface area (Å²) in [6.45, 7) is 9.42. The lowest BCUT2D eigenvalue weighted by Crippen LogP contribution is -2.33. The van der Waals surface area contributed by atoms with Crippen molar-refractivity contribution in [3.63, 3.8) is 0 Å². The fourth-order valence-electron chi connectivity index (χ4n) is 2.21. The average Bonchev–Trinajstić information content (AvgIpc) is 2.85. The number of ether oxygens (including phenoxy) is 2. The maximum atomic E-state index is 11.9. The molecule has 0 spiro atoms. The number of carbonyl (C=O) groups is 2. The highest BCUT2D eigenvalue weighted by Gasteiger charge is 2.73. The Hall–Kier alpha value is -1.32. The first-order valence-corrected chi connectivity index (χ1v) is 5.54. The molecule has 0 unspecified atom stereocenters. The summed E-state index contributed by atoms with van der Waals surface area (Å²) >= 11 is 0. The Labute approximate surface area is 95.6 Å². The van der Waals surface area contributed by atoms with E-state index in [0.717, 1.165) is 0 Å². The number of rotatable bonds is 5. The van der Waals surface area contributed by atoms with Gasteiger partial charge in [0.15, 0.2) is 5.41 Å². The van der Waals surface area contributed by atoms with Gasteiger partial charge in [0.1, 0.15) is 0 Å². The van der Waals surface area contributed by atoms with Gasteiger partial charge >= 0.3 is 11.9 Å². The van der Waals surface area contributed by atoms with E-state index in [4.69, 9.17) is 9.47 Å². The highest BCUT2D eigenvalue weighted by atomic mass is 16.6. The smallest absolute Gasteiger partial charge is 0.324 e.